The van der Waals surface area contributed by atoms with Crippen molar-refractivity contribution in [2.75, 3.05) is 0 Å². The van der Waals surface area contributed by atoms with Crippen molar-refractivity contribution < 1.29 is 13.2 Å². The van der Waals surface area contributed by atoms with Crippen LogP contribution in [0.25, 0.3) is 0 Å². The molecule has 0 N–H and O–H groups in total. The van der Waals surface area contributed by atoms with Crippen LogP contribution in [-0.2, 0) is 0 Å². The number of hydrogen-bond donors (Lipinski definition) is 0. The van der Waals surface area contributed by atoms with E-state index in [1.807, 2.05) is 0 Å². The summed E-state index contributed by atoms with van der Waals surface area (Å²) in [6, 6.07) is 0. The van der Waals surface area contributed by atoms with Crippen LogP contribution in [0.2, 0.25) is 0 Å². The van der Waals surface area contributed by atoms with Crippen LogP contribution in [0.4, 0.5) is 13.2 Å². The highest BCUT2D eigenvalue weighted by molar-refractivity contribution is 9.26. The zero-order valence-electron chi connectivity index (χ0n) is 4.22. The third kappa shape index (κ3) is 2.64. The Labute approximate surface area is 89.4 Å². The standard InChI is InChI=1S/C3HBr4F3/c4-1(5)2(8,9)3(6,7)10/h1H. The first kappa shape index (κ1) is 11.7. The van der Waals surface area contributed by atoms with E-state index in [0.717, 1.165) is 0 Å². The lowest BCUT2D eigenvalue weighted by atomic mass is 10.4. The first-order valence-electron chi connectivity index (χ1n) is 1.92. The summed E-state index contributed by atoms with van der Waals surface area (Å²) < 4.78 is 33.1. The summed E-state index contributed by atoms with van der Waals surface area (Å²) in [6.07, 6.45) is 0. The zero-order chi connectivity index (χ0) is 8.58. The van der Waals surface area contributed by atoms with Gasteiger partial charge in [-0.25, -0.2) is 4.39 Å². The molecule has 0 aromatic heterocycles. The molecule has 0 spiro atoms. The molecule has 7 heteroatoms. The van der Waals surface area contributed by atoms with Crippen molar-refractivity contribution in [3.63, 3.8) is 0 Å². The molecule has 0 aliphatic heterocycles. The third-order valence-corrected chi connectivity index (χ3v) is 2.86. The zero-order valence-corrected chi connectivity index (χ0v) is 10.6. The molecule has 62 valence electrons. The Bertz CT molecular complexity index is 117. The predicted molar refractivity (Wildman–Crippen MR) is 48.3 cm³/mol. The molecule has 0 nitrogen and oxygen atoms in total. The van der Waals surface area contributed by atoms with Crippen molar-refractivity contribution in [2.24, 2.45) is 0 Å². The normalized spacial score (nSPS) is 14.4. The smallest absolute Gasteiger partial charge is 0.212 e. The minimum Gasteiger partial charge on any atom is -0.212 e. The van der Waals surface area contributed by atoms with Crippen molar-refractivity contribution in [2.45, 2.75) is 13.1 Å². The largest absolute Gasteiger partial charge is 0.323 e. The van der Waals surface area contributed by atoms with E-state index < -0.39 is 13.1 Å². The van der Waals surface area contributed by atoms with Crippen molar-refractivity contribution in [1.82, 2.24) is 0 Å². The van der Waals surface area contributed by atoms with Crippen LogP contribution in [0.3, 0.4) is 0 Å². The van der Waals surface area contributed by atoms with E-state index in [-0.39, 0.29) is 0 Å². The molecule has 0 fully saturated rings. The maximum Gasteiger partial charge on any atom is 0.323 e. The summed E-state index contributed by atoms with van der Waals surface area (Å²) in [7, 11) is 0. The second-order valence-corrected chi connectivity index (χ2v) is 7.73. The lowest BCUT2D eigenvalue weighted by Gasteiger charge is -2.24. The summed E-state index contributed by atoms with van der Waals surface area (Å²) in [5, 5.41) is 0. The van der Waals surface area contributed by atoms with Gasteiger partial charge in [-0.1, -0.05) is 31.9 Å². The second kappa shape index (κ2) is 3.62. The number of hydrogen-bond acceptors (Lipinski definition) is 0. The summed E-state index contributed by atoms with van der Waals surface area (Å²) in [5.41, 5.74) is 0. The quantitative estimate of drug-likeness (QED) is 0.597. The molecule has 0 atom stereocenters. The molecule has 0 aromatic carbocycles. The van der Waals surface area contributed by atoms with Crippen LogP contribution >= 0.6 is 63.7 Å². The molecule has 0 aliphatic carbocycles. The molecule has 0 heterocycles. The van der Waals surface area contributed by atoms with Crippen LogP contribution in [0.15, 0.2) is 0 Å². The van der Waals surface area contributed by atoms with Gasteiger partial charge in [-0.2, -0.15) is 8.78 Å². The van der Waals surface area contributed by atoms with E-state index in [1.54, 1.807) is 0 Å². The van der Waals surface area contributed by atoms with Crippen LogP contribution in [-0.4, -0.2) is 13.1 Å². The van der Waals surface area contributed by atoms with Gasteiger partial charge in [-0.3, -0.25) is 0 Å². The summed E-state index contributed by atoms with van der Waals surface area (Å²) in [6.45, 7) is 0. The van der Waals surface area contributed by atoms with Crippen LogP contribution in [0.5, 0.6) is 0 Å². The Kier molecular flexibility index (Phi) is 4.23. The average molecular weight is 414 g/mol. The van der Waals surface area contributed by atoms with Crippen LogP contribution in [0, 0.1) is 0 Å². The fourth-order valence-electron chi connectivity index (χ4n) is 0.124. The molecule has 0 amide bonds. The highest BCUT2D eigenvalue weighted by Crippen LogP contribution is 2.48. The van der Waals surface area contributed by atoms with E-state index in [9.17, 15) is 13.2 Å². The van der Waals surface area contributed by atoms with E-state index in [4.69, 9.17) is 0 Å². The Hall–Kier alpha value is 1.71. The van der Waals surface area contributed by atoms with E-state index in [0.29, 0.717) is 0 Å². The van der Waals surface area contributed by atoms with Crippen LogP contribution in [0.1, 0.15) is 0 Å². The lowest BCUT2D eigenvalue weighted by Crippen LogP contribution is -2.39. The summed E-state index contributed by atoms with van der Waals surface area (Å²) in [4.78, 5) is 0. The number of rotatable bonds is 2. The van der Waals surface area contributed by atoms with Gasteiger partial charge in [0.1, 0.15) is 3.74 Å². The minimum absolute atomic E-state index is 1.42. The van der Waals surface area contributed by atoms with Gasteiger partial charge in [-0.05, 0) is 31.9 Å². The van der Waals surface area contributed by atoms with Gasteiger partial charge in [0.25, 0.3) is 3.49 Å². The molecule has 10 heavy (non-hydrogen) atoms. The van der Waals surface area contributed by atoms with Crippen molar-refractivity contribution in [1.29, 1.82) is 0 Å². The molecular formula is C3HBr4F3. The SMILES string of the molecule is FC(Br)(Br)C(F)(F)C(Br)Br. The molecule has 0 aromatic rings. The first-order valence-corrected chi connectivity index (χ1v) is 5.34. The molecule has 0 saturated carbocycles. The summed E-state index contributed by atoms with van der Waals surface area (Å²) >= 11 is 9.28. The van der Waals surface area contributed by atoms with Gasteiger partial charge >= 0.3 is 5.92 Å². The van der Waals surface area contributed by atoms with Gasteiger partial charge in [0.2, 0.25) is 0 Å². The second-order valence-electron chi connectivity index (χ2n) is 1.42. The highest BCUT2D eigenvalue weighted by Gasteiger charge is 2.55. The van der Waals surface area contributed by atoms with E-state index in [2.05, 4.69) is 63.7 Å². The lowest BCUT2D eigenvalue weighted by molar-refractivity contribution is -0.0268. The predicted octanol–water partition coefficient (Wildman–Crippen LogP) is 4.15. The van der Waals surface area contributed by atoms with Gasteiger partial charge < -0.3 is 0 Å². The molecule has 0 saturated heterocycles. The van der Waals surface area contributed by atoms with Gasteiger partial charge in [0.15, 0.2) is 0 Å². The Balaban J connectivity index is 4.40. The topological polar surface area (TPSA) is 0 Å². The Morgan fingerprint density at radius 1 is 1.00 bits per heavy atom. The van der Waals surface area contributed by atoms with Gasteiger partial charge in [0, 0.05) is 0 Å². The van der Waals surface area contributed by atoms with Crippen molar-refractivity contribution >= 4 is 63.7 Å². The maximum absolute atomic E-state index is 12.5. The number of halogens is 7. The summed E-state index contributed by atoms with van der Waals surface area (Å²) in [5.74, 6) is -3.56. The molecule has 0 bridgehead atoms. The molecule has 0 unspecified atom stereocenters. The van der Waals surface area contributed by atoms with Crippen LogP contribution < -0.4 is 0 Å². The first-order chi connectivity index (χ1) is 4.19. The molecule has 0 aliphatic rings. The fraction of sp³-hybridized carbons (Fsp3) is 1.00. The van der Waals surface area contributed by atoms with Gasteiger partial charge in [0.05, 0.1) is 0 Å². The average Bonchev–Trinajstić information content (AvgIpc) is 1.62. The maximum atomic E-state index is 12.5. The molecular weight excluding hydrogens is 413 g/mol. The fourth-order valence-corrected chi connectivity index (χ4v) is 2.44. The number of alkyl halides is 7. The van der Waals surface area contributed by atoms with Crippen molar-refractivity contribution in [3.05, 3.63) is 0 Å². The van der Waals surface area contributed by atoms with Gasteiger partial charge in [-0.15, -0.1) is 0 Å². The van der Waals surface area contributed by atoms with E-state index >= 15 is 0 Å². The minimum atomic E-state index is -3.56. The Morgan fingerprint density at radius 3 is 1.30 bits per heavy atom. The monoisotopic (exact) mass is 410 g/mol. The molecule has 0 radical (unpaired) electrons. The Morgan fingerprint density at radius 2 is 1.30 bits per heavy atom. The highest BCUT2D eigenvalue weighted by atomic mass is 79.9. The van der Waals surface area contributed by atoms with E-state index in [1.165, 1.54) is 0 Å². The third-order valence-electron chi connectivity index (χ3n) is 0.652. The van der Waals surface area contributed by atoms with Crippen molar-refractivity contribution in [3.8, 4) is 0 Å². The molecule has 0 rings (SSSR count).